The Morgan fingerprint density at radius 2 is 1.63 bits per heavy atom. The SMILES string of the molecule is CCOP(=O)(OCC)c1ccc2c(c1)C(=C(Nc1ccc(-c3cccnc3)cc1)c1ccccc1)C(=O)N2. The molecule has 8 heteroatoms. The highest BCUT2D eigenvalue weighted by molar-refractivity contribution is 7.62. The van der Waals surface area contributed by atoms with Gasteiger partial charge in [0.2, 0.25) is 0 Å². The Kier molecular flexibility index (Phi) is 7.52. The fraction of sp³-hybridized carbons (Fsp3) is 0.133. The Labute approximate surface area is 222 Å². The molecule has 3 aromatic carbocycles. The van der Waals surface area contributed by atoms with E-state index in [-0.39, 0.29) is 19.1 Å². The molecule has 2 N–H and O–H groups in total. The monoisotopic (exact) mass is 525 g/mol. The van der Waals surface area contributed by atoms with E-state index in [4.69, 9.17) is 9.05 Å². The average Bonchev–Trinajstić information content (AvgIpc) is 3.28. The van der Waals surface area contributed by atoms with Crippen LogP contribution in [0.4, 0.5) is 11.4 Å². The molecule has 4 aromatic rings. The molecule has 192 valence electrons. The zero-order chi connectivity index (χ0) is 26.5. The van der Waals surface area contributed by atoms with Gasteiger partial charge in [0.25, 0.3) is 5.91 Å². The fourth-order valence-electron chi connectivity index (χ4n) is 4.41. The van der Waals surface area contributed by atoms with Crippen molar-refractivity contribution in [2.24, 2.45) is 0 Å². The van der Waals surface area contributed by atoms with Crippen LogP contribution in [-0.2, 0) is 18.4 Å². The van der Waals surface area contributed by atoms with Gasteiger partial charge in [0, 0.05) is 29.3 Å². The number of hydrogen-bond acceptors (Lipinski definition) is 6. The number of amides is 1. The standard InChI is InChI=1S/C30H28N3O4P/c1-3-36-38(35,37-4-2)25-16-17-27-26(19-25)28(30(34)33-27)29(22-9-6-5-7-10-22)32-24-14-12-21(13-15-24)23-11-8-18-31-20-23/h5-20,32H,3-4H2,1-2H3,(H,33,34). The van der Waals surface area contributed by atoms with Crippen LogP contribution in [0, 0.1) is 0 Å². The second-order valence-corrected chi connectivity index (χ2v) is 10.6. The largest absolute Gasteiger partial charge is 0.361 e. The van der Waals surface area contributed by atoms with Crippen molar-refractivity contribution in [3.05, 3.63) is 108 Å². The van der Waals surface area contributed by atoms with Crippen LogP contribution in [0.15, 0.2) is 97.3 Å². The summed E-state index contributed by atoms with van der Waals surface area (Å²) in [7, 11) is -3.54. The predicted octanol–water partition coefficient (Wildman–Crippen LogP) is 6.57. The number of nitrogens with zero attached hydrogens (tertiary/aromatic N) is 1. The average molecular weight is 526 g/mol. The minimum Gasteiger partial charge on any atom is -0.354 e. The number of carbonyl (C=O) groups is 1. The summed E-state index contributed by atoms with van der Waals surface area (Å²) in [6.45, 7) is 4.01. The number of nitrogens with one attached hydrogen (secondary N) is 2. The lowest BCUT2D eigenvalue weighted by Crippen LogP contribution is -2.12. The molecule has 2 heterocycles. The van der Waals surface area contributed by atoms with Gasteiger partial charge in [-0.2, -0.15) is 0 Å². The number of aromatic nitrogens is 1. The highest BCUT2D eigenvalue weighted by Gasteiger charge is 2.33. The third-order valence-corrected chi connectivity index (χ3v) is 8.23. The minimum absolute atomic E-state index is 0.236. The summed E-state index contributed by atoms with van der Waals surface area (Å²) >= 11 is 0. The molecule has 1 aliphatic heterocycles. The Balaban J connectivity index is 1.60. The van der Waals surface area contributed by atoms with Gasteiger partial charge in [0.1, 0.15) is 0 Å². The lowest BCUT2D eigenvalue weighted by atomic mass is 10.00. The number of pyridine rings is 1. The molecule has 0 atom stereocenters. The van der Waals surface area contributed by atoms with Gasteiger partial charge >= 0.3 is 7.60 Å². The van der Waals surface area contributed by atoms with Gasteiger partial charge in [-0.25, -0.2) is 0 Å². The number of benzene rings is 3. The number of rotatable bonds is 9. The third kappa shape index (κ3) is 5.18. The number of anilines is 2. The van der Waals surface area contributed by atoms with Gasteiger partial charge in [0.15, 0.2) is 0 Å². The van der Waals surface area contributed by atoms with Crippen molar-refractivity contribution in [1.82, 2.24) is 4.98 Å². The van der Waals surface area contributed by atoms with E-state index >= 15 is 0 Å². The second kappa shape index (κ2) is 11.2. The van der Waals surface area contributed by atoms with E-state index < -0.39 is 7.60 Å². The van der Waals surface area contributed by atoms with Crippen LogP contribution in [0.5, 0.6) is 0 Å². The van der Waals surface area contributed by atoms with Crippen molar-refractivity contribution in [3.8, 4) is 11.1 Å². The van der Waals surface area contributed by atoms with Crippen LogP contribution in [0.1, 0.15) is 25.0 Å². The fourth-order valence-corrected chi connectivity index (χ4v) is 6.00. The lowest BCUT2D eigenvalue weighted by molar-refractivity contribution is -0.110. The Bertz CT molecular complexity index is 1510. The number of fused-ring (bicyclic) bond motifs is 1. The summed E-state index contributed by atoms with van der Waals surface area (Å²) in [5.74, 6) is -0.252. The molecule has 0 saturated carbocycles. The van der Waals surface area contributed by atoms with E-state index in [1.165, 1.54) is 0 Å². The summed E-state index contributed by atoms with van der Waals surface area (Å²) in [4.78, 5) is 17.5. The molecule has 1 amide bonds. The summed E-state index contributed by atoms with van der Waals surface area (Å²) < 4.78 is 24.6. The summed E-state index contributed by atoms with van der Waals surface area (Å²) in [5.41, 5.74) is 6.06. The normalized spacial score (nSPS) is 14.1. The first-order valence-corrected chi connectivity index (χ1v) is 14.0. The molecule has 1 aromatic heterocycles. The minimum atomic E-state index is -3.54. The van der Waals surface area contributed by atoms with E-state index in [0.29, 0.717) is 27.8 Å². The first-order valence-electron chi connectivity index (χ1n) is 12.4. The highest BCUT2D eigenvalue weighted by atomic mass is 31.2. The first kappa shape index (κ1) is 25.6. The molecule has 0 saturated heterocycles. The number of carbonyl (C=O) groups excluding carboxylic acids is 1. The van der Waals surface area contributed by atoms with Crippen LogP contribution in [0.2, 0.25) is 0 Å². The van der Waals surface area contributed by atoms with Gasteiger partial charge in [0.05, 0.1) is 29.8 Å². The molecule has 1 aliphatic rings. The Hall–Kier alpha value is -4.03. The summed E-state index contributed by atoms with van der Waals surface area (Å²) in [6, 6.07) is 26.7. The molecule has 5 rings (SSSR count). The van der Waals surface area contributed by atoms with Crippen molar-refractivity contribution in [1.29, 1.82) is 0 Å². The number of hydrogen-bond donors (Lipinski definition) is 2. The lowest BCUT2D eigenvalue weighted by Gasteiger charge is -2.18. The molecule has 0 bridgehead atoms. The van der Waals surface area contributed by atoms with Gasteiger partial charge in [-0.15, -0.1) is 0 Å². The van der Waals surface area contributed by atoms with E-state index in [2.05, 4.69) is 15.6 Å². The van der Waals surface area contributed by atoms with Crippen LogP contribution in [0.25, 0.3) is 22.4 Å². The maximum absolute atomic E-state index is 13.5. The van der Waals surface area contributed by atoms with Gasteiger partial charge in [-0.05, 0) is 66.9 Å². The molecule has 0 fully saturated rings. The van der Waals surface area contributed by atoms with Crippen molar-refractivity contribution < 1.29 is 18.4 Å². The molecule has 7 nitrogen and oxygen atoms in total. The van der Waals surface area contributed by atoms with E-state index in [1.54, 1.807) is 38.2 Å². The van der Waals surface area contributed by atoms with E-state index in [0.717, 1.165) is 22.4 Å². The smallest absolute Gasteiger partial charge is 0.354 e. The Morgan fingerprint density at radius 3 is 2.29 bits per heavy atom. The quantitative estimate of drug-likeness (QED) is 0.190. The van der Waals surface area contributed by atoms with Crippen molar-refractivity contribution >= 4 is 41.5 Å². The summed E-state index contributed by atoms with van der Waals surface area (Å²) in [5, 5.41) is 6.81. The zero-order valence-electron chi connectivity index (χ0n) is 21.2. The zero-order valence-corrected chi connectivity index (χ0v) is 22.1. The summed E-state index contributed by atoms with van der Waals surface area (Å²) in [6.07, 6.45) is 3.57. The van der Waals surface area contributed by atoms with Crippen molar-refractivity contribution in [2.75, 3.05) is 23.8 Å². The van der Waals surface area contributed by atoms with Crippen molar-refractivity contribution in [3.63, 3.8) is 0 Å². The highest BCUT2D eigenvalue weighted by Crippen LogP contribution is 2.48. The van der Waals surface area contributed by atoms with Gasteiger partial charge < -0.3 is 19.7 Å². The maximum Gasteiger partial charge on any atom is 0.361 e. The molecule has 0 radical (unpaired) electrons. The molecule has 0 unspecified atom stereocenters. The van der Waals surface area contributed by atoms with Gasteiger partial charge in [-0.3, -0.25) is 14.3 Å². The maximum atomic E-state index is 13.5. The molecular formula is C30H28N3O4P. The van der Waals surface area contributed by atoms with E-state index in [9.17, 15) is 9.36 Å². The molecule has 0 spiro atoms. The van der Waals surface area contributed by atoms with Crippen molar-refractivity contribution in [2.45, 2.75) is 13.8 Å². The molecular weight excluding hydrogens is 497 g/mol. The topological polar surface area (TPSA) is 89.6 Å². The van der Waals surface area contributed by atoms with Crippen LogP contribution >= 0.6 is 7.60 Å². The molecule has 0 aliphatic carbocycles. The second-order valence-electron chi connectivity index (χ2n) is 8.58. The van der Waals surface area contributed by atoms with Crippen LogP contribution < -0.4 is 15.9 Å². The predicted molar refractivity (Wildman–Crippen MR) is 152 cm³/mol. The van der Waals surface area contributed by atoms with Crippen LogP contribution in [0.3, 0.4) is 0 Å². The van der Waals surface area contributed by atoms with Crippen LogP contribution in [-0.4, -0.2) is 24.1 Å². The van der Waals surface area contributed by atoms with E-state index in [1.807, 2.05) is 72.9 Å². The third-order valence-electron chi connectivity index (χ3n) is 6.12. The first-order chi connectivity index (χ1) is 18.5. The van der Waals surface area contributed by atoms with Gasteiger partial charge in [-0.1, -0.05) is 48.5 Å². The molecule has 38 heavy (non-hydrogen) atoms. The Morgan fingerprint density at radius 1 is 0.895 bits per heavy atom.